The number of carbonyl (C=O) groups is 1. The number of nitrogens with one attached hydrogen (secondary N) is 2. The molecule has 1 amide bonds. The summed E-state index contributed by atoms with van der Waals surface area (Å²) in [7, 11) is 0. The predicted molar refractivity (Wildman–Crippen MR) is 64.0 cm³/mol. The molecule has 0 saturated carbocycles. The molecule has 0 aliphatic heterocycles. The van der Waals surface area contributed by atoms with Gasteiger partial charge in [-0.05, 0) is 20.4 Å². The first-order chi connectivity index (χ1) is 7.13. The monoisotopic (exact) mass is 247 g/mol. The third-order valence-corrected chi connectivity index (χ3v) is 1.98. The molecule has 0 radical (unpaired) electrons. The van der Waals surface area contributed by atoms with Crippen molar-refractivity contribution in [2.24, 2.45) is 0 Å². The van der Waals surface area contributed by atoms with Crippen molar-refractivity contribution in [2.75, 3.05) is 13.1 Å². The van der Waals surface area contributed by atoms with E-state index >= 15 is 0 Å². The number of aryl methyl sites for hydroxylation is 1. The Morgan fingerprint density at radius 2 is 2.31 bits per heavy atom. The van der Waals surface area contributed by atoms with Crippen molar-refractivity contribution in [3.8, 4) is 0 Å². The smallest absolute Gasteiger partial charge is 0.273 e. The van der Waals surface area contributed by atoms with Gasteiger partial charge in [0, 0.05) is 18.7 Å². The Labute approximate surface area is 101 Å². The highest BCUT2D eigenvalue weighted by atomic mass is 35.5. The minimum Gasteiger partial charge on any atom is -0.361 e. The molecule has 5 nitrogen and oxygen atoms in total. The molecule has 0 spiro atoms. The Balaban J connectivity index is 0.00000225. The quantitative estimate of drug-likeness (QED) is 0.819. The molecule has 1 aromatic rings. The van der Waals surface area contributed by atoms with Gasteiger partial charge in [0.15, 0.2) is 5.69 Å². The van der Waals surface area contributed by atoms with E-state index in [1.807, 2.05) is 13.8 Å². The lowest BCUT2D eigenvalue weighted by Gasteiger charge is -2.12. The molecule has 0 fully saturated rings. The number of hydrogen-bond donors (Lipinski definition) is 2. The van der Waals surface area contributed by atoms with E-state index in [0.29, 0.717) is 18.0 Å². The molecule has 0 bridgehead atoms. The van der Waals surface area contributed by atoms with Crippen LogP contribution in [0.2, 0.25) is 0 Å². The van der Waals surface area contributed by atoms with Gasteiger partial charge in [-0.2, -0.15) is 0 Å². The molecule has 0 saturated heterocycles. The lowest BCUT2D eigenvalue weighted by Crippen LogP contribution is -2.38. The maximum Gasteiger partial charge on any atom is 0.273 e. The summed E-state index contributed by atoms with van der Waals surface area (Å²) in [5, 5.41) is 9.60. The zero-order valence-corrected chi connectivity index (χ0v) is 10.6. The maximum absolute atomic E-state index is 11.5. The van der Waals surface area contributed by atoms with Crippen LogP contribution in [-0.2, 0) is 0 Å². The van der Waals surface area contributed by atoms with E-state index in [1.54, 1.807) is 13.0 Å². The Morgan fingerprint density at radius 3 is 2.81 bits per heavy atom. The van der Waals surface area contributed by atoms with Gasteiger partial charge in [-0.25, -0.2) is 0 Å². The molecule has 0 aliphatic carbocycles. The van der Waals surface area contributed by atoms with Crippen molar-refractivity contribution in [1.29, 1.82) is 0 Å². The summed E-state index contributed by atoms with van der Waals surface area (Å²) in [5.41, 5.74) is 0.330. The first-order valence-corrected chi connectivity index (χ1v) is 5.08. The fourth-order valence-corrected chi connectivity index (χ4v) is 1.23. The predicted octanol–water partition coefficient (Wildman–Crippen LogP) is 1.13. The number of aromatic nitrogens is 1. The second-order valence-electron chi connectivity index (χ2n) is 3.49. The van der Waals surface area contributed by atoms with Crippen molar-refractivity contribution >= 4 is 18.3 Å². The van der Waals surface area contributed by atoms with E-state index in [0.717, 1.165) is 6.54 Å². The van der Waals surface area contributed by atoms with Gasteiger partial charge in [0.25, 0.3) is 5.91 Å². The third-order valence-electron chi connectivity index (χ3n) is 1.98. The minimum absolute atomic E-state index is 0. The molecule has 0 aromatic carbocycles. The zero-order valence-electron chi connectivity index (χ0n) is 9.74. The van der Waals surface area contributed by atoms with Crippen LogP contribution in [0.15, 0.2) is 10.6 Å². The summed E-state index contributed by atoms with van der Waals surface area (Å²) in [5.74, 6) is 0.441. The van der Waals surface area contributed by atoms with Crippen LogP contribution in [-0.4, -0.2) is 30.2 Å². The van der Waals surface area contributed by atoms with Gasteiger partial charge < -0.3 is 15.2 Å². The van der Waals surface area contributed by atoms with Gasteiger partial charge in [-0.1, -0.05) is 12.1 Å². The third kappa shape index (κ3) is 4.63. The van der Waals surface area contributed by atoms with Gasteiger partial charge in [0.2, 0.25) is 0 Å². The lowest BCUT2D eigenvalue weighted by molar-refractivity contribution is 0.0941. The molecular weight excluding hydrogens is 230 g/mol. The second kappa shape index (κ2) is 7.24. The van der Waals surface area contributed by atoms with Crippen LogP contribution in [0, 0.1) is 6.92 Å². The van der Waals surface area contributed by atoms with Crippen molar-refractivity contribution in [3.63, 3.8) is 0 Å². The SMILES string of the molecule is CCN[C@H](C)CNC(=O)c1cc(C)on1.Cl. The molecule has 1 rings (SSSR count). The summed E-state index contributed by atoms with van der Waals surface area (Å²) >= 11 is 0. The first-order valence-electron chi connectivity index (χ1n) is 5.08. The molecular formula is C10H18ClN3O2. The first kappa shape index (κ1) is 14.9. The fraction of sp³-hybridized carbons (Fsp3) is 0.600. The van der Waals surface area contributed by atoms with Crippen LogP contribution in [0.3, 0.4) is 0 Å². The molecule has 2 N–H and O–H groups in total. The topological polar surface area (TPSA) is 67.2 Å². The van der Waals surface area contributed by atoms with Crippen molar-refractivity contribution in [3.05, 3.63) is 17.5 Å². The van der Waals surface area contributed by atoms with Crippen LogP contribution >= 0.6 is 12.4 Å². The lowest BCUT2D eigenvalue weighted by atomic mass is 10.3. The average molecular weight is 248 g/mol. The standard InChI is InChI=1S/C10H17N3O2.ClH/c1-4-11-7(2)6-12-10(14)9-5-8(3)15-13-9;/h5,7,11H,4,6H2,1-3H3,(H,12,14);1H/t7-;/m1./s1. The molecule has 6 heteroatoms. The molecule has 0 unspecified atom stereocenters. The Hall–Kier alpha value is -1.07. The van der Waals surface area contributed by atoms with Gasteiger partial charge in [0.1, 0.15) is 5.76 Å². The molecule has 92 valence electrons. The normalized spacial score (nSPS) is 11.7. The van der Waals surface area contributed by atoms with Crippen LogP contribution in [0.5, 0.6) is 0 Å². The molecule has 1 heterocycles. The molecule has 0 aliphatic rings. The second-order valence-corrected chi connectivity index (χ2v) is 3.49. The fourth-order valence-electron chi connectivity index (χ4n) is 1.23. The average Bonchev–Trinajstić information content (AvgIpc) is 2.62. The van der Waals surface area contributed by atoms with E-state index in [-0.39, 0.29) is 24.4 Å². The van der Waals surface area contributed by atoms with Crippen molar-refractivity contribution < 1.29 is 9.32 Å². The number of carbonyl (C=O) groups excluding carboxylic acids is 1. The zero-order chi connectivity index (χ0) is 11.3. The number of halogens is 1. The van der Waals surface area contributed by atoms with Gasteiger partial charge in [-0.15, -0.1) is 12.4 Å². The van der Waals surface area contributed by atoms with Crippen molar-refractivity contribution in [2.45, 2.75) is 26.8 Å². The van der Waals surface area contributed by atoms with E-state index in [2.05, 4.69) is 15.8 Å². The van der Waals surface area contributed by atoms with Gasteiger partial charge in [0.05, 0.1) is 0 Å². The summed E-state index contributed by atoms with van der Waals surface area (Å²) in [6.45, 7) is 7.26. The van der Waals surface area contributed by atoms with Crippen LogP contribution < -0.4 is 10.6 Å². The molecule has 1 atom stereocenters. The maximum atomic E-state index is 11.5. The number of hydrogen-bond acceptors (Lipinski definition) is 4. The summed E-state index contributed by atoms with van der Waals surface area (Å²) in [6.07, 6.45) is 0. The number of nitrogens with zero attached hydrogens (tertiary/aromatic N) is 1. The Bertz CT molecular complexity index is 328. The Morgan fingerprint density at radius 1 is 1.62 bits per heavy atom. The minimum atomic E-state index is -0.198. The van der Waals surface area contributed by atoms with E-state index < -0.39 is 0 Å². The highest BCUT2D eigenvalue weighted by Gasteiger charge is 2.11. The van der Waals surface area contributed by atoms with E-state index in [9.17, 15) is 4.79 Å². The Kier molecular flexibility index (Phi) is 6.76. The van der Waals surface area contributed by atoms with Crippen LogP contribution in [0.4, 0.5) is 0 Å². The number of amides is 1. The summed E-state index contributed by atoms with van der Waals surface area (Å²) < 4.78 is 4.81. The highest BCUT2D eigenvalue weighted by Crippen LogP contribution is 2.00. The summed E-state index contributed by atoms with van der Waals surface area (Å²) in [4.78, 5) is 11.5. The van der Waals surface area contributed by atoms with Crippen LogP contribution in [0.25, 0.3) is 0 Å². The summed E-state index contributed by atoms with van der Waals surface area (Å²) in [6, 6.07) is 1.87. The van der Waals surface area contributed by atoms with Gasteiger partial charge >= 0.3 is 0 Å². The number of rotatable bonds is 5. The molecule has 1 aromatic heterocycles. The van der Waals surface area contributed by atoms with Crippen LogP contribution in [0.1, 0.15) is 30.1 Å². The highest BCUT2D eigenvalue weighted by molar-refractivity contribution is 5.92. The molecule has 16 heavy (non-hydrogen) atoms. The van der Waals surface area contributed by atoms with E-state index in [4.69, 9.17) is 4.52 Å². The van der Waals surface area contributed by atoms with Crippen molar-refractivity contribution in [1.82, 2.24) is 15.8 Å². The van der Waals surface area contributed by atoms with E-state index in [1.165, 1.54) is 0 Å². The largest absolute Gasteiger partial charge is 0.361 e. The van der Waals surface area contributed by atoms with Gasteiger partial charge in [-0.3, -0.25) is 4.79 Å². The number of likely N-dealkylation sites (N-methyl/N-ethyl adjacent to an activating group) is 1.